The van der Waals surface area contributed by atoms with Crippen molar-refractivity contribution in [3.8, 4) is 0 Å². The Hall–Kier alpha value is -0.420. The van der Waals surface area contributed by atoms with Crippen molar-refractivity contribution in [1.82, 2.24) is 0 Å². The topological polar surface area (TPSA) is 55.5 Å². The molecule has 1 aromatic rings. The Morgan fingerprint density at radius 2 is 2.38 bits per heavy atom. The Kier molecular flexibility index (Phi) is 3.35. The van der Waals surface area contributed by atoms with Gasteiger partial charge in [-0.25, -0.2) is 0 Å². The second-order valence-electron chi connectivity index (χ2n) is 4.64. The summed E-state index contributed by atoms with van der Waals surface area (Å²) in [6, 6.07) is 2.07. The fraction of sp³-hybridized carbons (Fsp3) is 0.667. The highest BCUT2D eigenvalue weighted by atomic mass is 32.1. The Balaban J connectivity index is 2.29. The van der Waals surface area contributed by atoms with Crippen LogP contribution in [0.25, 0.3) is 0 Å². The number of ether oxygens (including phenoxy) is 1. The van der Waals surface area contributed by atoms with E-state index in [0.29, 0.717) is 19.8 Å². The molecule has 2 atom stereocenters. The summed E-state index contributed by atoms with van der Waals surface area (Å²) in [4.78, 5) is 2.42. The van der Waals surface area contributed by atoms with Gasteiger partial charge < -0.3 is 15.6 Å². The highest BCUT2D eigenvalue weighted by Gasteiger charge is 2.42. The van der Waals surface area contributed by atoms with E-state index in [1.54, 1.807) is 11.3 Å². The van der Waals surface area contributed by atoms with Crippen molar-refractivity contribution in [3.05, 3.63) is 21.4 Å². The van der Waals surface area contributed by atoms with Crippen molar-refractivity contribution < 1.29 is 9.84 Å². The lowest BCUT2D eigenvalue weighted by atomic mass is 9.78. The van der Waals surface area contributed by atoms with E-state index < -0.39 is 6.10 Å². The van der Waals surface area contributed by atoms with E-state index in [1.807, 2.05) is 0 Å². The van der Waals surface area contributed by atoms with Crippen LogP contribution >= 0.6 is 11.3 Å². The molecule has 4 heteroatoms. The summed E-state index contributed by atoms with van der Waals surface area (Å²) >= 11 is 1.72. The fourth-order valence-corrected chi connectivity index (χ4v) is 3.32. The molecule has 1 aliphatic rings. The molecule has 0 aliphatic carbocycles. The molecule has 0 spiro atoms. The standard InChI is InChI=1S/C12H19NO2S/c1-8-5-10(9(2)16-8)11(14)12(6-13)3-4-15-7-12/h5,11,14H,3-4,6-7,13H2,1-2H3. The van der Waals surface area contributed by atoms with Crippen molar-refractivity contribution in [2.45, 2.75) is 26.4 Å². The summed E-state index contributed by atoms with van der Waals surface area (Å²) in [5, 5.41) is 10.5. The average molecular weight is 241 g/mol. The van der Waals surface area contributed by atoms with Crippen LogP contribution in [0.1, 0.15) is 27.8 Å². The first-order valence-electron chi connectivity index (χ1n) is 5.62. The third-order valence-corrected chi connectivity index (χ3v) is 4.48. The first kappa shape index (κ1) is 12.0. The van der Waals surface area contributed by atoms with Gasteiger partial charge in [-0.3, -0.25) is 0 Å². The minimum Gasteiger partial charge on any atom is -0.388 e. The van der Waals surface area contributed by atoms with Gasteiger partial charge in [-0.05, 0) is 31.9 Å². The van der Waals surface area contributed by atoms with Crippen LogP contribution in [-0.2, 0) is 4.74 Å². The first-order valence-corrected chi connectivity index (χ1v) is 6.43. The van der Waals surface area contributed by atoms with Crippen LogP contribution in [0.5, 0.6) is 0 Å². The number of aliphatic hydroxyl groups is 1. The average Bonchev–Trinajstić information content (AvgIpc) is 2.85. The number of hydrogen-bond donors (Lipinski definition) is 2. The molecule has 1 aromatic heterocycles. The van der Waals surface area contributed by atoms with Crippen molar-refractivity contribution in [2.24, 2.45) is 11.1 Å². The summed E-state index contributed by atoms with van der Waals surface area (Å²) in [5.41, 5.74) is 6.57. The van der Waals surface area contributed by atoms with Gasteiger partial charge in [-0.2, -0.15) is 0 Å². The lowest BCUT2D eigenvalue weighted by Gasteiger charge is -2.31. The van der Waals surface area contributed by atoms with Gasteiger partial charge in [0.1, 0.15) is 0 Å². The minimum atomic E-state index is -0.495. The number of hydrogen-bond acceptors (Lipinski definition) is 4. The molecule has 2 unspecified atom stereocenters. The van der Waals surface area contributed by atoms with Crippen molar-refractivity contribution >= 4 is 11.3 Å². The zero-order valence-corrected chi connectivity index (χ0v) is 10.6. The molecule has 16 heavy (non-hydrogen) atoms. The summed E-state index contributed by atoms with van der Waals surface area (Å²) < 4.78 is 5.40. The van der Waals surface area contributed by atoms with Gasteiger partial charge in [0.2, 0.25) is 0 Å². The lowest BCUT2D eigenvalue weighted by molar-refractivity contribution is 0.0190. The van der Waals surface area contributed by atoms with E-state index in [-0.39, 0.29) is 5.41 Å². The van der Waals surface area contributed by atoms with E-state index in [9.17, 15) is 5.11 Å². The van der Waals surface area contributed by atoms with E-state index in [4.69, 9.17) is 10.5 Å². The molecule has 0 saturated carbocycles. The summed E-state index contributed by atoms with van der Waals surface area (Å²) in [6.45, 7) is 5.86. The molecule has 0 amide bonds. The van der Waals surface area contributed by atoms with Crippen molar-refractivity contribution in [2.75, 3.05) is 19.8 Å². The molecule has 2 rings (SSSR count). The smallest absolute Gasteiger partial charge is 0.0892 e. The third-order valence-electron chi connectivity index (χ3n) is 3.49. The molecular weight excluding hydrogens is 222 g/mol. The van der Waals surface area contributed by atoms with Crippen molar-refractivity contribution in [1.29, 1.82) is 0 Å². The van der Waals surface area contributed by atoms with E-state index >= 15 is 0 Å². The predicted octanol–water partition coefficient (Wildman–Crippen LogP) is 1.76. The molecule has 1 saturated heterocycles. The second kappa shape index (κ2) is 4.45. The number of nitrogens with two attached hydrogens (primary N) is 1. The van der Waals surface area contributed by atoms with Crippen LogP contribution in [0, 0.1) is 19.3 Å². The number of rotatable bonds is 3. The molecule has 0 aromatic carbocycles. The highest BCUT2D eigenvalue weighted by Crippen LogP contribution is 2.42. The van der Waals surface area contributed by atoms with Crippen LogP contribution in [0.2, 0.25) is 0 Å². The Bertz CT molecular complexity index is 369. The monoisotopic (exact) mass is 241 g/mol. The largest absolute Gasteiger partial charge is 0.388 e. The van der Waals surface area contributed by atoms with Gasteiger partial charge in [-0.1, -0.05) is 0 Å². The SMILES string of the molecule is Cc1cc(C(O)C2(CN)CCOC2)c(C)s1. The summed E-state index contributed by atoms with van der Waals surface area (Å²) in [7, 11) is 0. The number of aryl methyl sites for hydroxylation is 2. The zero-order chi connectivity index (χ0) is 11.8. The minimum absolute atomic E-state index is 0.279. The predicted molar refractivity (Wildman–Crippen MR) is 65.7 cm³/mol. The zero-order valence-electron chi connectivity index (χ0n) is 9.82. The van der Waals surface area contributed by atoms with Crippen LogP contribution in [0.4, 0.5) is 0 Å². The van der Waals surface area contributed by atoms with Crippen LogP contribution in [0.3, 0.4) is 0 Å². The van der Waals surface area contributed by atoms with Gasteiger partial charge in [0.25, 0.3) is 0 Å². The van der Waals surface area contributed by atoms with Gasteiger partial charge >= 0.3 is 0 Å². The maximum absolute atomic E-state index is 10.5. The molecule has 3 N–H and O–H groups in total. The molecule has 0 bridgehead atoms. The highest BCUT2D eigenvalue weighted by molar-refractivity contribution is 7.12. The lowest BCUT2D eigenvalue weighted by Crippen LogP contribution is -2.37. The maximum Gasteiger partial charge on any atom is 0.0892 e. The van der Waals surface area contributed by atoms with Gasteiger partial charge in [0, 0.05) is 28.3 Å². The number of thiophene rings is 1. The molecule has 1 aliphatic heterocycles. The van der Waals surface area contributed by atoms with Crippen LogP contribution in [-0.4, -0.2) is 24.9 Å². The fourth-order valence-electron chi connectivity index (χ4n) is 2.36. The molecule has 0 radical (unpaired) electrons. The normalized spacial score (nSPS) is 27.2. The van der Waals surface area contributed by atoms with E-state index in [2.05, 4.69) is 19.9 Å². The third kappa shape index (κ3) is 1.91. The second-order valence-corrected chi connectivity index (χ2v) is 6.10. The molecular formula is C12H19NO2S. The molecule has 90 valence electrons. The summed E-state index contributed by atoms with van der Waals surface area (Å²) in [6.07, 6.45) is 0.351. The Labute approximate surface area is 100 Å². The Morgan fingerprint density at radius 1 is 1.62 bits per heavy atom. The molecule has 2 heterocycles. The van der Waals surface area contributed by atoms with E-state index in [1.165, 1.54) is 9.75 Å². The maximum atomic E-state index is 10.5. The van der Waals surface area contributed by atoms with Crippen molar-refractivity contribution in [3.63, 3.8) is 0 Å². The molecule has 3 nitrogen and oxygen atoms in total. The van der Waals surface area contributed by atoms with Crippen LogP contribution < -0.4 is 5.73 Å². The quantitative estimate of drug-likeness (QED) is 0.848. The van der Waals surface area contributed by atoms with Gasteiger partial charge in [0.15, 0.2) is 0 Å². The first-order chi connectivity index (χ1) is 7.59. The Morgan fingerprint density at radius 3 is 2.81 bits per heavy atom. The number of aliphatic hydroxyl groups excluding tert-OH is 1. The summed E-state index contributed by atoms with van der Waals surface area (Å²) in [5.74, 6) is 0. The van der Waals surface area contributed by atoms with Gasteiger partial charge in [-0.15, -0.1) is 11.3 Å². The molecule has 1 fully saturated rings. The van der Waals surface area contributed by atoms with E-state index in [0.717, 1.165) is 12.0 Å². The van der Waals surface area contributed by atoms with Gasteiger partial charge in [0.05, 0.1) is 12.7 Å². The van der Waals surface area contributed by atoms with Crippen LogP contribution in [0.15, 0.2) is 6.07 Å².